The second kappa shape index (κ2) is 6.05. The topological polar surface area (TPSA) is 6.48 Å². The Morgan fingerprint density at radius 2 is 1.54 bits per heavy atom. The van der Waals surface area contributed by atoms with E-state index >= 15 is 0 Å². The van der Waals surface area contributed by atoms with Crippen LogP contribution >= 0.6 is 0 Å². The summed E-state index contributed by atoms with van der Waals surface area (Å²) >= 11 is 0.434. The summed E-state index contributed by atoms with van der Waals surface area (Å²) < 4.78 is 3.00. The Bertz CT molecular complexity index is 1130. The number of benzene rings is 3. The number of rotatable bonds is 2. The zero-order valence-electron chi connectivity index (χ0n) is 14.9. The standard InChI is InChI=1S/C23H20N2Se/c1-16-24(2)21(15-25(16)18-8-4-3-5-9-18)17-12-13-23-20(14-17)19-10-6-7-11-22(19)26-23/h3-16H,1-2H3. The van der Waals surface area contributed by atoms with E-state index in [1.165, 1.54) is 36.2 Å². The van der Waals surface area contributed by atoms with Crippen molar-refractivity contribution in [3.63, 3.8) is 0 Å². The van der Waals surface area contributed by atoms with Crippen molar-refractivity contribution in [1.29, 1.82) is 0 Å². The van der Waals surface area contributed by atoms with E-state index < -0.39 is 0 Å². The average molecular weight is 403 g/mol. The Morgan fingerprint density at radius 3 is 2.38 bits per heavy atom. The van der Waals surface area contributed by atoms with Crippen LogP contribution in [0.1, 0.15) is 12.5 Å². The van der Waals surface area contributed by atoms with E-state index in [0.717, 1.165) is 0 Å². The summed E-state index contributed by atoms with van der Waals surface area (Å²) in [5.74, 6) is 0. The van der Waals surface area contributed by atoms with E-state index in [4.69, 9.17) is 0 Å². The van der Waals surface area contributed by atoms with Crippen molar-refractivity contribution in [3.05, 3.63) is 84.6 Å². The second-order valence-electron chi connectivity index (χ2n) is 6.81. The van der Waals surface area contributed by atoms with E-state index in [1.54, 1.807) is 0 Å². The normalized spacial score (nSPS) is 17.3. The average Bonchev–Trinajstić information content (AvgIpc) is 3.20. The molecule has 4 aromatic rings. The molecule has 0 bridgehead atoms. The van der Waals surface area contributed by atoms with Gasteiger partial charge in [0.15, 0.2) is 0 Å². The molecule has 3 aromatic carbocycles. The molecule has 0 amide bonds. The van der Waals surface area contributed by atoms with Crippen LogP contribution in [-0.4, -0.2) is 32.6 Å². The van der Waals surface area contributed by atoms with Gasteiger partial charge >= 0.3 is 160 Å². The molecule has 1 aliphatic rings. The predicted molar refractivity (Wildman–Crippen MR) is 113 cm³/mol. The minimum absolute atomic E-state index is 0.303. The predicted octanol–water partition coefficient (Wildman–Crippen LogP) is 5.15. The van der Waals surface area contributed by atoms with Gasteiger partial charge in [-0.05, 0) is 0 Å². The molecule has 0 saturated heterocycles. The molecule has 1 aromatic heterocycles. The van der Waals surface area contributed by atoms with Crippen LogP contribution < -0.4 is 4.90 Å². The third-order valence-corrected chi connectivity index (χ3v) is 7.75. The van der Waals surface area contributed by atoms with Gasteiger partial charge in [0.2, 0.25) is 0 Å². The molecule has 0 N–H and O–H groups in total. The molecule has 2 heterocycles. The summed E-state index contributed by atoms with van der Waals surface area (Å²) in [5.41, 5.74) is 3.81. The van der Waals surface area contributed by atoms with E-state index in [-0.39, 0.29) is 0 Å². The van der Waals surface area contributed by atoms with Crippen LogP contribution in [0.5, 0.6) is 0 Å². The zero-order chi connectivity index (χ0) is 17.7. The molecule has 5 rings (SSSR count). The SMILES string of the molecule is CC1N(C)C(c2ccc3[se]c4ccccc4c3c2)=CN1c1ccccc1. The Balaban J connectivity index is 1.63. The first kappa shape index (κ1) is 15.7. The summed E-state index contributed by atoms with van der Waals surface area (Å²) in [6, 6.07) is 26.4. The molecular weight excluding hydrogens is 383 g/mol. The molecule has 2 nitrogen and oxygen atoms in total. The summed E-state index contributed by atoms with van der Waals surface area (Å²) in [5, 5.41) is 2.83. The molecular formula is C23H20N2Se. The van der Waals surface area contributed by atoms with Crippen LogP contribution in [0, 0.1) is 0 Å². The van der Waals surface area contributed by atoms with Crippen molar-refractivity contribution in [3.8, 4) is 0 Å². The van der Waals surface area contributed by atoms with E-state index in [2.05, 4.69) is 103 Å². The van der Waals surface area contributed by atoms with Crippen LogP contribution in [0.2, 0.25) is 0 Å². The first-order chi connectivity index (χ1) is 12.7. The van der Waals surface area contributed by atoms with Crippen molar-refractivity contribution in [1.82, 2.24) is 4.90 Å². The fourth-order valence-corrected chi connectivity index (χ4v) is 6.05. The van der Waals surface area contributed by atoms with Gasteiger partial charge in [0.1, 0.15) is 0 Å². The quantitative estimate of drug-likeness (QED) is 0.428. The van der Waals surface area contributed by atoms with E-state index in [9.17, 15) is 0 Å². The fraction of sp³-hybridized carbons (Fsp3) is 0.130. The van der Waals surface area contributed by atoms with Crippen LogP contribution in [0.25, 0.3) is 25.0 Å². The molecule has 128 valence electrons. The summed E-state index contributed by atoms with van der Waals surface area (Å²) in [6.45, 7) is 2.25. The fourth-order valence-electron chi connectivity index (χ4n) is 3.77. The van der Waals surface area contributed by atoms with Gasteiger partial charge in [-0.1, -0.05) is 0 Å². The third-order valence-electron chi connectivity index (χ3n) is 5.33. The Morgan fingerprint density at radius 1 is 0.808 bits per heavy atom. The van der Waals surface area contributed by atoms with Gasteiger partial charge in [0.05, 0.1) is 0 Å². The van der Waals surface area contributed by atoms with Crippen molar-refractivity contribution in [2.24, 2.45) is 0 Å². The molecule has 1 aliphatic heterocycles. The Hall–Kier alpha value is -2.48. The first-order valence-electron chi connectivity index (χ1n) is 8.92. The molecule has 26 heavy (non-hydrogen) atoms. The molecule has 1 unspecified atom stereocenters. The van der Waals surface area contributed by atoms with Gasteiger partial charge < -0.3 is 0 Å². The van der Waals surface area contributed by atoms with Crippen molar-refractivity contribution in [2.75, 3.05) is 11.9 Å². The van der Waals surface area contributed by atoms with Crippen LogP contribution in [0.4, 0.5) is 5.69 Å². The monoisotopic (exact) mass is 404 g/mol. The van der Waals surface area contributed by atoms with E-state index in [0.29, 0.717) is 20.7 Å². The Labute approximate surface area is 159 Å². The first-order valence-corrected chi connectivity index (χ1v) is 10.6. The molecule has 0 radical (unpaired) electrons. The minimum atomic E-state index is 0.303. The van der Waals surface area contributed by atoms with Crippen molar-refractivity contribution < 1.29 is 0 Å². The summed E-state index contributed by atoms with van der Waals surface area (Å²) in [6.07, 6.45) is 2.59. The van der Waals surface area contributed by atoms with Crippen molar-refractivity contribution >= 4 is 45.2 Å². The van der Waals surface area contributed by atoms with Gasteiger partial charge in [-0.15, -0.1) is 0 Å². The molecule has 0 spiro atoms. The van der Waals surface area contributed by atoms with Gasteiger partial charge in [0, 0.05) is 0 Å². The maximum atomic E-state index is 2.38. The molecule has 0 saturated carbocycles. The van der Waals surface area contributed by atoms with Crippen molar-refractivity contribution in [2.45, 2.75) is 13.1 Å². The Kier molecular flexibility index (Phi) is 3.66. The number of anilines is 1. The van der Waals surface area contributed by atoms with Crippen LogP contribution in [0.15, 0.2) is 79.0 Å². The van der Waals surface area contributed by atoms with E-state index in [1.807, 2.05) is 0 Å². The van der Waals surface area contributed by atoms with Crippen LogP contribution in [-0.2, 0) is 0 Å². The second-order valence-corrected chi connectivity index (χ2v) is 9.08. The number of para-hydroxylation sites is 1. The molecule has 3 heteroatoms. The third kappa shape index (κ3) is 2.39. The van der Waals surface area contributed by atoms with Crippen LogP contribution in [0.3, 0.4) is 0 Å². The number of hydrogen-bond acceptors (Lipinski definition) is 2. The molecule has 0 aliphatic carbocycles. The van der Waals surface area contributed by atoms with Gasteiger partial charge in [-0.3, -0.25) is 0 Å². The van der Waals surface area contributed by atoms with Gasteiger partial charge in [-0.25, -0.2) is 0 Å². The summed E-state index contributed by atoms with van der Waals surface area (Å²) in [4.78, 5) is 4.71. The number of nitrogens with zero attached hydrogens (tertiary/aromatic N) is 2. The molecule has 1 atom stereocenters. The number of fused-ring (bicyclic) bond motifs is 3. The van der Waals surface area contributed by atoms with Gasteiger partial charge in [-0.2, -0.15) is 0 Å². The van der Waals surface area contributed by atoms with Gasteiger partial charge in [0.25, 0.3) is 0 Å². The number of hydrogen-bond donors (Lipinski definition) is 0. The molecule has 0 fully saturated rings. The zero-order valence-corrected chi connectivity index (χ0v) is 16.6. The summed E-state index contributed by atoms with van der Waals surface area (Å²) in [7, 11) is 2.19. The maximum absolute atomic E-state index is 2.38.